The molecule has 4 nitrogen and oxygen atoms in total. The van der Waals surface area contributed by atoms with Crippen molar-refractivity contribution < 1.29 is 9.53 Å². The second kappa shape index (κ2) is 5.31. The molecule has 2 fully saturated rings. The Labute approximate surface area is 116 Å². The van der Waals surface area contributed by atoms with E-state index in [0.717, 1.165) is 32.4 Å². The third kappa shape index (κ3) is 3.22. The second-order valence-electron chi connectivity index (χ2n) is 7.10. The Morgan fingerprint density at radius 3 is 2.63 bits per heavy atom. The average molecular weight is 268 g/mol. The van der Waals surface area contributed by atoms with E-state index in [1.165, 1.54) is 12.8 Å². The van der Waals surface area contributed by atoms with E-state index in [4.69, 9.17) is 4.74 Å². The van der Waals surface area contributed by atoms with Crippen molar-refractivity contribution in [1.29, 1.82) is 0 Å². The maximum Gasteiger partial charge on any atom is 0.410 e. The maximum absolute atomic E-state index is 12.4. The van der Waals surface area contributed by atoms with Gasteiger partial charge in [-0.05, 0) is 59.9 Å². The van der Waals surface area contributed by atoms with Gasteiger partial charge < -0.3 is 15.0 Å². The number of piperidine rings is 1. The van der Waals surface area contributed by atoms with Crippen LogP contribution in [0.25, 0.3) is 0 Å². The van der Waals surface area contributed by atoms with E-state index in [9.17, 15) is 4.79 Å². The van der Waals surface area contributed by atoms with Crippen molar-refractivity contribution in [2.45, 2.75) is 77.0 Å². The first-order valence-corrected chi connectivity index (χ1v) is 7.57. The van der Waals surface area contributed by atoms with Gasteiger partial charge in [-0.3, -0.25) is 0 Å². The predicted molar refractivity (Wildman–Crippen MR) is 76.2 cm³/mol. The SMILES string of the molecule is CC(C)(C)OC(=O)N1CCCC1(C)C1CCCCN1. The van der Waals surface area contributed by atoms with Crippen molar-refractivity contribution in [2.75, 3.05) is 13.1 Å². The van der Waals surface area contributed by atoms with Crippen molar-refractivity contribution in [2.24, 2.45) is 0 Å². The minimum absolute atomic E-state index is 0.0806. The summed E-state index contributed by atoms with van der Waals surface area (Å²) in [5.41, 5.74) is -0.497. The number of nitrogens with one attached hydrogen (secondary N) is 1. The largest absolute Gasteiger partial charge is 0.444 e. The Balaban J connectivity index is 2.08. The molecule has 19 heavy (non-hydrogen) atoms. The zero-order valence-corrected chi connectivity index (χ0v) is 12.8. The van der Waals surface area contributed by atoms with Crippen molar-refractivity contribution in [3.63, 3.8) is 0 Å². The number of carbonyl (C=O) groups excluding carboxylic acids is 1. The summed E-state index contributed by atoms with van der Waals surface area (Å²) in [7, 11) is 0. The first kappa shape index (κ1) is 14.6. The van der Waals surface area contributed by atoms with Crippen LogP contribution in [0, 0.1) is 0 Å². The fraction of sp³-hybridized carbons (Fsp3) is 0.933. The summed E-state index contributed by atoms with van der Waals surface area (Å²) in [6, 6.07) is 0.413. The standard InChI is InChI=1S/C15H28N2O2/c1-14(2,3)19-13(18)17-11-7-9-15(17,4)12-8-5-6-10-16-12/h12,16H,5-11H2,1-4H3. The molecule has 2 atom stereocenters. The molecule has 0 aromatic carbocycles. The Kier molecular flexibility index (Phi) is 4.09. The molecular weight excluding hydrogens is 240 g/mol. The maximum atomic E-state index is 12.4. The highest BCUT2D eigenvalue weighted by Crippen LogP contribution is 2.36. The van der Waals surface area contributed by atoms with Crippen LogP contribution in [0.3, 0.4) is 0 Å². The molecule has 2 saturated heterocycles. The Bertz CT molecular complexity index is 332. The van der Waals surface area contributed by atoms with Crippen molar-refractivity contribution in [3.8, 4) is 0 Å². The molecule has 2 heterocycles. The van der Waals surface area contributed by atoms with E-state index in [2.05, 4.69) is 12.2 Å². The molecule has 0 aromatic heterocycles. The fourth-order valence-corrected chi connectivity index (χ4v) is 3.35. The van der Waals surface area contributed by atoms with Gasteiger partial charge in [0.2, 0.25) is 0 Å². The van der Waals surface area contributed by atoms with Crippen LogP contribution in [0.2, 0.25) is 0 Å². The monoisotopic (exact) mass is 268 g/mol. The van der Waals surface area contributed by atoms with Gasteiger partial charge in [-0.1, -0.05) is 6.42 Å². The third-order valence-electron chi connectivity index (χ3n) is 4.36. The van der Waals surface area contributed by atoms with Crippen LogP contribution in [-0.4, -0.2) is 41.3 Å². The summed E-state index contributed by atoms with van der Waals surface area (Å²) in [6.45, 7) is 9.89. The van der Waals surface area contributed by atoms with E-state index >= 15 is 0 Å². The summed E-state index contributed by atoms with van der Waals surface area (Å²) in [5.74, 6) is 0. The number of rotatable bonds is 1. The van der Waals surface area contributed by atoms with Gasteiger partial charge in [0.05, 0.1) is 5.54 Å². The van der Waals surface area contributed by atoms with Crippen LogP contribution >= 0.6 is 0 Å². The number of likely N-dealkylation sites (tertiary alicyclic amines) is 1. The molecule has 110 valence electrons. The average Bonchev–Trinajstić information content (AvgIpc) is 2.72. The summed E-state index contributed by atoms with van der Waals surface area (Å²) in [6.07, 6.45) is 5.67. The summed E-state index contributed by atoms with van der Waals surface area (Å²) < 4.78 is 5.57. The first-order valence-electron chi connectivity index (χ1n) is 7.57. The van der Waals surface area contributed by atoms with Gasteiger partial charge >= 0.3 is 6.09 Å². The Morgan fingerprint density at radius 2 is 2.05 bits per heavy atom. The summed E-state index contributed by atoms with van der Waals surface area (Å²) in [5, 5.41) is 3.60. The van der Waals surface area contributed by atoms with Crippen molar-refractivity contribution >= 4 is 6.09 Å². The molecule has 2 aliphatic heterocycles. The van der Waals surface area contributed by atoms with Crippen LogP contribution in [0.1, 0.15) is 59.8 Å². The minimum Gasteiger partial charge on any atom is -0.444 e. The van der Waals surface area contributed by atoms with Crippen LogP contribution < -0.4 is 5.32 Å². The first-order chi connectivity index (χ1) is 8.83. The topological polar surface area (TPSA) is 41.6 Å². The van der Waals surface area contributed by atoms with Gasteiger partial charge in [-0.2, -0.15) is 0 Å². The quantitative estimate of drug-likeness (QED) is 0.795. The Morgan fingerprint density at radius 1 is 1.32 bits per heavy atom. The summed E-state index contributed by atoms with van der Waals surface area (Å²) in [4.78, 5) is 14.4. The number of hydrogen-bond acceptors (Lipinski definition) is 3. The molecule has 0 aromatic rings. The van der Waals surface area contributed by atoms with E-state index in [0.29, 0.717) is 6.04 Å². The second-order valence-corrected chi connectivity index (χ2v) is 7.10. The third-order valence-corrected chi connectivity index (χ3v) is 4.36. The van der Waals surface area contributed by atoms with Crippen LogP contribution in [0.5, 0.6) is 0 Å². The van der Waals surface area contributed by atoms with Crippen LogP contribution in [-0.2, 0) is 4.74 Å². The zero-order chi connectivity index (χ0) is 14.1. The molecule has 0 radical (unpaired) electrons. The lowest BCUT2D eigenvalue weighted by Gasteiger charge is -2.44. The predicted octanol–water partition coefficient (Wildman–Crippen LogP) is 2.92. The molecule has 1 N–H and O–H groups in total. The van der Waals surface area contributed by atoms with Gasteiger partial charge in [0, 0.05) is 12.6 Å². The molecule has 0 spiro atoms. The summed E-state index contributed by atoms with van der Waals surface area (Å²) >= 11 is 0. The van der Waals surface area contributed by atoms with Crippen LogP contribution in [0.15, 0.2) is 0 Å². The van der Waals surface area contributed by atoms with Gasteiger partial charge in [0.15, 0.2) is 0 Å². The highest BCUT2D eigenvalue weighted by Gasteiger charge is 2.46. The molecule has 0 saturated carbocycles. The number of carbonyl (C=O) groups is 1. The van der Waals surface area contributed by atoms with Gasteiger partial charge in [-0.15, -0.1) is 0 Å². The highest BCUT2D eigenvalue weighted by molar-refractivity contribution is 5.69. The smallest absolute Gasteiger partial charge is 0.410 e. The lowest BCUT2D eigenvalue weighted by molar-refractivity contribution is 0.00196. The van der Waals surface area contributed by atoms with Gasteiger partial charge in [-0.25, -0.2) is 4.79 Å². The van der Waals surface area contributed by atoms with Gasteiger partial charge in [0.1, 0.15) is 5.60 Å². The number of ether oxygens (including phenoxy) is 1. The molecule has 1 amide bonds. The number of amides is 1. The van der Waals surface area contributed by atoms with Crippen molar-refractivity contribution in [3.05, 3.63) is 0 Å². The molecule has 2 rings (SSSR count). The lowest BCUT2D eigenvalue weighted by atomic mass is 9.84. The number of hydrogen-bond donors (Lipinski definition) is 1. The lowest BCUT2D eigenvalue weighted by Crippen LogP contribution is -2.59. The van der Waals surface area contributed by atoms with Gasteiger partial charge in [0.25, 0.3) is 0 Å². The molecule has 4 heteroatoms. The zero-order valence-electron chi connectivity index (χ0n) is 12.8. The highest BCUT2D eigenvalue weighted by atomic mass is 16.6. The molecule has 0 bridgehead atoms. The minimum atomic E-state index is -0.416. The molecular formula is C15H28N2O2. The van der Waals surface area contributed by atoms with Crippen molar-refractivity contribution in [1.82, 2.24) is 10.2 Å². The molecule has 2 aliphatic rings. The normalized spacial score (nSPS) is 32.4. The van der Waals surface area contributed by atoms with E-state index in [1.54, 1.807) is 0 Å². The van der Waals surface area contributed by atoms with E-state index in [-0.39, 0.29) is 11.6 Å². The molecule has 2 unspecified atom stereocenters. The fourth-order valence-electron chi connectivity index (χ4n) is 3.35. The van der Waals surface area contributed by atoms with E-state index < -0.39 is 5.60 Å². The number of nitrogens with zero attached hydrogens (tertiary/aromatic N) is 1. The molecule has 0 aliphatic carbocycles. The van der Waals surface area contributed by atoms with E-state index in [1.807, 2.05) is 25.7 Å². The Hall–Kier alpha value is -0.770. The van der Waals surface area contributed by atoms with Crippen LogP contribution in [0.4, 0.5) is 4.79 Å².